The van der Waals surface area contributed by atoms with E-state index in [2.05, 4.69) is 25.7 Å². The van der Waals surface area contributed by atoms with Gasteiger partial charge >= 0.3 is 0 Å². The molecule has 33 heavy (non-hydrogen) atoms. The minimum absolute atomic E-state index is 0.0460. The second-order valence-corrected chi connectivity index (χ2v) is 10.2. The topological polar surface area (TPSA) is 135 Å². The number of aromatic nitrogens is 3. The molecule has 3 heterocycles. The Hall–Kier alpha value is -3.77. The van der Waals surface area contributed by atoms with E-state index in [1.165, 1.54) is 24.4 Å². The van der Waals surface area contributed by atoms with Crippen molar-refractivity contribution in [2.45, 2.75) is 24.1 Å². The Kier molecular flexibility index (Phi) is 6.11. The molecule has 0 saturated heterocycles. The molecule has 2 amide bonds. The van der Waals surface area contributed by atoms with E-state index in [0.29, 0.717) is 11.0 Å². The van der Waals surface area contributed by atoms with Crippen LogP contribution >= 0.6 is 11.3 Å². The lowest BCUT2D eigenvalue weighted by Gasteiger charge is -2.12. The summed E-state index contributed by atoms with van der Waals surface area (Å²) >= 11 is 1.06. The Bertz CT molecular complexity index is 1430. The Morgan fingerprint density at radius 3 is 2.52 bits per heavy atom. The second-order valence-electron chi connectivity index (χ2n) is 7.31. The fourth-order valence-corrected chi connectivity index (χ4v) is 5.15. The van der Waals surface area contributed by atoms with Crippen LogP contribution < -0.4 is 15.6 Å². The van der Waals surface area contributed by atoms with Gasteiger partial charge in [0.1, 0.15) is 4.21 Å². The number of hydrogen-bond donors (Lipinski definition) is 3. The summed E-state index contributed by atoms with van der Waals surface area (Å²) in [6.45, 7) is 3.95. The predicted octanol–water partition coefficient (Wildman–Crippen LogP) is 2.95. The summed E-state index contributed by atoms with van der Waals surface area (Å²) in [7, 11) is -3.84. The first kappa shape index (κ1) is 22.4. The maximum absolute atomic E-state index is 12.7. The Labute approximate surface area is 193 Å². The zero-order valence-electron chi connectivity index (χ0n) is 17.6. The average Bonchev–Trinajstić information content (AvgIpc) is 3.47. The molecule has 1 aromatic carbocycles. The van der Waals surface area contributed by atoms with Crippen LogP contribution in [-0.4, -0.2) is 35.0 Å². The number of carbonyl (C=O) groups excluding carboxylic acids is 2. The van der Waals surface area contributed by atoms with E-state index < -0.39 is 21.8 Å². The van der Waals surface area contributed by atoms with Crippen LogP contribution in [0.5, 0.6) is 0 Å². The van der Waals surface area contributed by atoms with Gasteiger partial charge in [0.2, 0.25) is 0 Å². The summed E-state index contributed by atoms with van der Waals surface area (Å²) < 4.78 is 29.3. The predicted molar refractivity (Wildman–Crippen MR) is 124 cm³/mol. The van der Waals surface area contributed by atoms with Gasteiger partial charge in [-0.05, 0) is 43.5 Å². The van der Waals surface area contributed by atoms with Crippen molar-refractivity contribution in [1.82, 2.24) is 25.6 Å². The number of benzene rings is 1. The van der Waals surface area contributed by atoms with Gasteiger partial charge in [0.05, 0.1) is 23.0 Å². The Morgan fingerprint density at radius 2 is 1.79 bits per heavy atom. The lowest BCUT2D eigenvalue weighted by atomic mass is 10.2. The molecule has 12 heteroatoms. The number of rotatable bonds is 6. The van der Waals surface area contributed by atoms with Gasteiger partial charge in [0.15, 0.2) is 5.65 Å². The highest BCUT2D eigenvalue weighted by molar-refractivity contribution is 7.94. The quantitative estimate of drug-likeness (QED) is 0.360. The van der Waals surface area contributed by atoms with Crippen molar-refractivity contribution in [2.24, 2.45) is 0 Å². The molecule has 3 aromatic heterocycles. The van der Waals surface area contributed by atoms with Crippen molar-refractivity contribution >= 4 is 49.9 Å². The van der Waals surface area contributed by atoms with Gasteiger partial charge in [0, 0.05) is 17.6 Å². The molecule has 170 valence electrons. The van der Waals surface area contributed by atoms with Crippen molar-refractivity contribution in [1.29, 1.82) is 0 Å². The number of fused-ring (bicyclic) bond motifs is 1. The molecule has 10 nitrogen and oxygen atoms in total. The van der Waals surface area contributed by atoms with Gasteiger partial charge < -0.3 is 0 Å². The normalized spacial score (nSPS) is 11.5. The molecule has 0 aliphatic heterocycles. The van der Waals surface area contributed by atoms with Gasteiger partial charge in [0.25, 0.3) is 21.8 Å². The van der Waals surface area contributed by atoms with Gasteiger partial charge in [-0.15, -0.1) is 11.3 Å². The number of nitrogens with one attached hydrogen (secondary N) is 3. The van der Waals surface area contributed by atoms with Gasteiger partial charge in [-0.1, -0.05) is 18.2 Å². The van der Waals surface area contributed by atoms with Crippen LogP contribution in [0.25, 0.3) is 11.0 Å². The molecule has 0 aliphatic carbocycles. The minimum Gasteiger partial charge on any atom is -0.278 e. The number of nitrogens with zero attached hydrogens (tertiary/aromatic N) is 3. The van der Waals surface area contributed by atoms with Crippen LogP contribution in [0.3, 0.4) is 0 Å². The highest BCUT2D eigenvalue weighted by Gasteiger charge is 2.20. The summed E-state index contributed by atoms with van der Waals surface area (Å²) in [5.41, 5.74) is 5.65. The average molecular weight is 485 g/mol. The molecule has 0 saturated carbocycles. The molecule has 0 bridgehead atoms. The molecule has 3 N–H and O–H groups in total. The van der Waals surface area contributed by atoms with Crippen molar-refractivity contribution in [3.63, 3.8) is 0 Å². The Morgan fingerprint density at radius 1 is 1.03 bits per heavy atom. The summed E-state index contributed by atoms with van der Waals surface area (Å²) in [6, 6.07) is 10.9. The molecule has 0 atom stereocenters. The van der Waals surface area contributed by atoms with Crippen LogP contribution in [0.4, 0.5) is 5.69 Å². The maximum atomic E-state index is 12.7. The second kappa shape index (κ2) is 9.00. The van der Waals surface area contributed by atoms with Crippen molar-refractivity contribution in [2.75, 3.05) is 4.72 Å². The van der Waals surface area contributed by atoms with Gasteiger partial charge in [-0.25, -0.2) is 18.1 Å². The van der Waals surface area contributed by atoms with E-state index in [0.717, 1.165) is 11.3 Å². The molecule has 4 aromatic rings. The Balaban J connectivity index is 1.47. The first-order valence-corrected chi connectivity index (χ1v) is 12.2. The highest BCUT2D eigenvalue weighted by Crippen LogP contribution is 2.23. The number of carbonyl (C=O) groups is 2. The maximum Gasteiger partial charge on any atom is 0.271 e. The summed E-state index contributed by atoms with van der Waals surface area (Å²) in [4.78, 5) is 29.5. The van der Waals surface area contributed by atoms with Crippen molar-refractivity contribution < 1.29 is 18.0 Å². The van der Waals surface area contributed by atoms with Crippen LogP contribution in [-0.2, 0) is 10.0 Å². The molecular weight excluding hydrogens is 464 g/mol. The highest BCUT2D eigenvalue weighted by atomic mass is 32.2. The van der Waals surface area contributed by atoms with Crippen LogP contribution in [0.2, 0.25) is 0 Å². The molecule has 0 unspecified atom stereocenters. The minimum atomic E-state index is -3.84. The standard InChI is InChI=1S/C21H20N6O4S2/c1-13(2)27-19-14(12-23-27)10-15(11-22-19)20(28)24-25-21(29)16-6-3-4-7-17(16)26-33(30,31)18-8-5-9-32-18/h3-13,26H,1-2H3,(H,24,28)(H,25,29). The lowest BCUT2D eigenvalue weighted by molar-refractivity contribution is 0.0847. The number of para-hydroxylation sites is 1. The summed E-state index contributed by atoms with van der Waals surface area (Å²) in [5.74, 6) is -1.26. The molecule has 0 fully saturated rings. The number of sulfonamides is 1. The molecule has 0 aliphatic rings. The third-order valence-electron chi connectivity index (χ3n) is 4.65. The largest absolute Gasteiger partial charge is 0.278 e. The van der Waals surface area contributed by atoms with Crippen LogP contribution in [0, 0.1) is 0 Å². The number of thiophene rings is 1. The van der Waals surface area contributed by atoms with Gasteiger partial charge in [-0.2, -0.15) is 5.10 Å². The molecular formula is C21H20N6O4S2. The number of hydrazine groups is 1. The van der Waals surface area contributed by atoms with Gasteiger partial charge in [-0.3, -0.25) is 25.2 Å². The first-order chi connectivity index (χ1) is 15.8. The summed E-state index contributed by atoms with van der Waals surface area (Å²) in [6.07, 6.45) is 3.02. The van der Waals surface area contributed by atoms with E-state index in [1.807, 2.05) is 13.8 Å². The third-order valence-corrected chi connectivity index (χ3v) is 7.41. The number of pyridine rings is 1. The zero-order valence-corrected chi connectivity index (χ0v) is 19.3. The molecule has 0 radical (unpaired) electrons. The fraction of sp³-hybridized carbons (Fsp3) is 0.143. The number of anilines is 1. The smallest absolute Gasteiger partial charge is 0.271 e. The lowest BCUT2D eigenvalue weighted by Crippen LogP contribution is -2.42. The SMILES string of the molecule is CC(C)n1ncc2cc(C(=O)NNC(=O)c3ccccc3NS(=O)(=O)c3cccs3)cnc21. The third kappa shape index (κ3) is 4.71. The first-order valence-electron chi connectivity index (χ1n) is 9.85. The van der Waals surface area contributed by atoms with E-state index in [9.17, 15) is 18.0 Å². The van der Waals surface area contributed by atoms with E-state index in [1.54, 1.807) is 40.5 Å². The fourth-order valence-electron chi connectivity index (χ4n) is 3.08. The molecule has 0 spiro atoms. The van der Waals surface area contributed by atoms with Crippen LogP contribution in [0.1, 0.15) is 40.6 Å². The monoisotopic (exact) mass is 484 g/mol. The molecule has 4 rings (SSSR count). The van der Waals surface area contributed by atoms with Crippen molar-refractivity contribution in [3.8, 4) is 0 Å². The summed E-state index contributed by atoms with van der Waals surface area (Å²) in [5, 5.41) is 6.60. The zero-order chi connectivity index (χ0) is 23.6. The van der Waals surface area contributed by atoms with E-state index >= 15 is 0 Å². The number of hydrogen-bond acceptors (Lipinski definition) is 7. The van der Waals surface area contributed by atoms with E-state index in [-0.39, 0.29) is 27.1 Å². The number of amides is 2. The van der Waals surface area contributed by atoms with Crippen molar-refractivity contribution in [3.05, 3.63) is 71.4 Å². The van der Waals surface area contributed by atoms with E-state index in [4.69, 9.17) is 0 Å². The van der Waals surface area contributed by atoms with Crippen LogP contribution in [0.15, 0.2) is 64.4 Å².